The summed E-state index contributed by atoms with van der Waals surface area (Å²) in [5, 5.41) is 0. The molecule has 0 aliphatic heterocycles. The summed E-state index contributed by atoms with van der Waals surface area (Å²) in [5.74, 6) is -0.411. The Hall–Kier alpha value is 1.17. The molecule has 0 aliphatic rings. The highest BCUT2D eigenvalue weighted by molar-refractivity contribution is 14.1. The van der Waals surface area contributed by atoms with Gasteiger partial charge in [-0.25, -0.2) is 0 Å². The van der Waals surface area contributed by atoms with Gasteiger partial charge in [0.15, 0.2) is 11.5 Å². The molecule has 0 saturated heterocycles. The lowest BCUT2D eigenvalue weighted by molar-refractivity contribution is -0.276. The van der Waals surface area contributed by atoms with Crippen LogP contribution in [0.4, 0.5) is 26.3 Å². The topological polar surface area (TPSA) is 18.5 Å². The van der Waals surface area contributed by atoms with Crippen LogP contribution in [0.3, 0.4) is 0 Å². The number of rotatable bonds is 6. The second kappa shape index (κ2) is 14.7. The molecule has 4 rings (SSSR count). The lowest BCUT2D eigenvalue weighted by Crippen LogP contribution is -2.18. The van der Waals surface area contributed by atoms with Crippen LogP contribution in [-0.4, -0.2) is 12.7 Å². The van der Waals surface area contributed by atoms with Gasteiger partial charge in [-0.05, 0) is 235 Å². The Morgan fingerprint density at radius 3 is 1.33 bits per heavy atom. The summed E-state index contributed by atoms with van der Waals surface area (Å²) in [4.78, 5) is 0. The molecule has 4 aromatic carbocycles. The first-order valence-corrected chi connectivity index (χ1v) is 19.2. The van der Waals surface area contributed by atoms with Gasteiger partial charge in [-0.2, -0.15) is 0 Å². The second-order valence-corrected chi connectivity index (χ2v) is 16.8. The molecule has 0 fully saturated rings. The van der Waals surface area contributed by atoms with Gasteiger partial charge in [0, 0.05) is 10.7 Å². The molecule has 4 aromatic rings. The van der Waals surface area contributed by atoms with Crippen molar-refractivity contribution < 1.29 is 35.8 Å². The van der Waals surface area contributed by atoms with Crippen LogP contribution in [0.1, 0.15) is 16.7 Å². The van der Waals surface area contributed by atoms with Crippen LogP contribution in [0.25, 0.3) is 22.3 Å². The normalized spacial score (nSPS) is 12.0. The molecule has 43 heavy (non-hydrogen) atoms. The van der Waals surface area contributed by atoms with Crippen LogP contribution >= 0.6 is 158 Å². The molecule has 0 unspecified atom stereocenters. The number of hydrogen-bond donors (Lipinski definition) is 0. The summed E-state index contributed by atoms with van der Waals surface area (Å²) in [6.45, 7) is 1.99. The zero-order chi connectivity index (χ0) is 32.0. The Morgan fingerprint density at radius 2 is 0.907 bits per heavy atom. The Labute approximate surface area is 338 Å². The molecule has 0 bridgehead atoms. The standard InChI is InChI=1S/C28H13F6I7O2/c1-11-16(14-7-18(35)25(19(36)8-14)42-27(29,30)31)4-2-12(22(11)39)6-13-3-5-17(24(41)23(13)40)15-9-20(37)26(21(38)10-15)43-28(32,33)34/h2-5,7-10H,6H2,1H3. The van der Waals surface area contributed by atoms with E-state index in [2.05, 4.69) is 77.2 Å². The van der Waals surface area contributed by atoms with Gasteiger partial charge in [-0.1, -0.05) is 24.3 Å². The van der Waals surface area contributed by atoms with Crippen molar-refractivity contribution in [2.45, 2.75) is 26.1 Å². The van der Waals surface area contributed by atoms with E-state index in [4.69, 9.17) is 0 Å². The molecule has 0 aliphatic carbocycles. The first-order valence-electron chi connectivity index (χ1n) is 11.6. The number of halogens is 13. The van der Waals surface area contributed by atoms with Gasteiger partial charge in [0.05, 0.1) is 14.3 Å². The van der Waals surface area contributed by atoms with E-state index in [1.54, 1.807) is 24.3 Å². The van der Waals surface area contributed by atoms with E-state index in [-0.39, 0.29) is 11.5 Å². The van der Waals surface area contributed by atoms with Crippen molar-refractivity contribution in [3.8, 4) is 33.8 Å². The molecule has 0 saturated carbocycles. The van der Waals surface area contributed by atoms with Crippen LogP contribution in [0, 0.1) is 31.9 Å². The molecule has 0 radical (unpaired) electrons. The zero-order valence-electron chi connectivity index (χ0n) is 21.1. The van der Waals surface area contributed by atoms with E-state index in [1.807, 2.05) is 122 Å². The van der Waals surface area contributed by atoms with Gasteiger partial charge in [-0.3, -0.25) is 0 Å². The van der Waals surface area contributed by atoms with Gasteiger partial charge >= 0.3 is 12.7 Å². The summed E-state index contributed by atoms with van der Waals surface area (Å²) < 4.78 is 90.1. The molecule has 2 nitrogen and oxygen atoms in total. The molecule has 0 N–H and O–H groups in total. The SMILES string of the molecule is Cc1c(-c2cc(I)c(OC(F)(F)F)c(I)c2)ccc(Cc2ccc(-c3cc(I)c(OC(F)(F)F)c(I)c3)c(I)c2I)c1I. The minimum Gasteiger partial charge on any atom is -0.404 e. The number of ether oxygens (including phenoxy) is 2. The highest BCUT2D eigenvalue weighted by Gasteiger charge is 2.34. The van der Waals surface area contributed by atoms with E-state index in [0.717, 1.165) is 49.7 Å². The van der Waals surface area contributed by atoms with E-state index in [9.17, 15) is 26.3 Å². The smallest absolute Gasteiger partial charge is 0.404 e. The summed E-state index contributed by atoms with van der Waals surface area (Å²) >= 11 is 14.3. The first-order chi connectivity index (χ1) is 19.9. The first kappa shape index (κ1) is 37.0. The molecule has 0 amide bonds. The fourth-order valence-corrected chi connectivity index (χ4v) is 10.3. The van der Waals surface area contributed by atoms with Crippen molar-refractivity contribution in [3.63, 3.8) is 0 Å². The Morgan fingerprint density at radius 1 is 0.535 bits per heavy atom. The average molecular weight is 1380 g/mol. The number of benzene rings is 4. The molecule has 0 aromatic heterocycles. The van der Waals surface area contributed by atoms with E-state index in [1.165, 1.54) is 0 Å². The largest absolute Gasteiger partial charge is 0.573 e. The molecule has 0 atom stereocenters. The highest BCUT2D eigenvalue weighted by atomic mass is 127. The third kappa shape index (κ3) is 9.20. The second-order valence-electron chi connectivity index (χ2n) is 8.92. The van der Waals surface area contributed by atoms with Gasteiger partial charge in [0.25, 0.3) is 0 Å². The number of hydrogen-bond acceptors (Lipinski definition) is 2. The van der Waals surface area contributed by atoms with Crippen LogP contribution < -0.4 is 9.47 Å². The van der Waals surface area contributed by atoms with Crippen LogP contribution in [0.2, 0.25) is 0 Å². The molecule has 0 heterocycles. The van der Waals surface area contributed by atoms with Crippen molar-refractivity contribution in [2.75, 3.05) is 0 Å². The van der Waals surface area contributed by atoms with Crippen molar-refractivity contribution in [2.24, 2.45) is 0 Å². The van der Waals surface area contributed by atoms with Gasteiger partial charge in [-0.15, -0.1) is 26.3 Å². The van der Waals surface area contributed by atoms with Crippen molar-refractivity contribution in [1.82, 2.24) is 0 Å². The third-order valence-electron chi connectivity index (χ3n) is 6.06. The Kier molecular flexibility index (Phi) is 12.7. The highest BCUT2D eigenvalue weighted by Crippen LogP contribution is 2.41. The summed E-state index contributed by atoms with van der Waals surface area (Å²) in [5.41, 5.74) is 6.63. The third-order valence-corrected chi connectivity index (χ3v) is 14.2. The van der Waals surface area contributed by atoms with Gasteiger partial charge in [0.1, 0.15) is 0 Å². The molecular formula is C28H13F6I7O2. The minimum atomic E-state index is -4.77. The minimum absolute atomic E-state index is 0.205. The van der Waals surface area contributed by atoms with Crippen LogP contribution in [0.5, 0.6) is 11.5 Å². The van der Waals surface area contributed by atoms with Gasteiger partial charge in [0.2, 0.25) is 0 Å². The van der Waals surface area contributed by atoms with Crippen LogP contribution in [0.15, 0.2) is 48.5 Å². The monoisotopic (exact) mass is 1380 g/mol. The predicted octanol–water partition coefficient (Wildman–Crippen LogP) is 12.9. The summed E-state index contributed by atoms with van der Waals surface area (Å²) in [6, 6.07) is 14.8. The lowest BCUT2D eigenvalue weighted by atomic mass is 9.95. The van der Waals surface area contributed by atoms with E-state index >= 15 is 0 Å². The maximum Gasteiger partial charge on any atom is 0.573 e. The van der Waals surface area contributed by atoms with Crippen molar-refractivity contribution in [1.29, 1.82) is 0 Å². The van der Waals surface area contributed by atoms with Crippen molar-refractivity contribution >= 4 is 158 Å². The summed E-state index contributed by atoms with van der Waals surface area (Å²) in [7, 11) is 0. The van der Waals surface area contributed by atoms with Crippen LogP contribution in [-0.2, 0) is 6.42 Å². The predicted molar refractivity (Wildman–Crippen MR) is 214 cm³/mol. The summed E-state index contributed by atoms with van der Waals surface area (Å²) in [6.07, 6.45) is -8.89. The van der Waals surface area contributed by atoms with Crippen molar-refractivity contribution in [3.05, 3.63) is 90.2 Å². The Balaban J connectivity index is 1.64. The maximum absolute atomic E-state index is 12.9. The quantitative estimate of drug-likeness (QED) is 0.141. The molecular weight excluding hydrogens is 1370 g/mol. The zero-order valence-corrected chi connectivity index (χ0v) is 36.2. The molecule has 15 heteroatoms. The van der Waals surface area contributed by atoms with Gasteiger partial charge < -0.3 is 9.47 Å². The fraction of sp³-hybridized carbons (Fsp3) is 0.143. The number of alkyl halides is 6. The Bertz CT molecular complexity index is 1550. The van der Waals surface area contributed by atoms with E-state index < -0.39 is 12.7 Å². The molecule has 0 spiro atoms. The maximum atomic E-state index is 12.9. The lowest BCUT2D eigenvalue weighted by Gasteiger charge is -2.18. The molecule has 228 valence electrons. The van der Waals surface area contributed by atoms with E-state index in [0.29, 0.717) is 20.7 Å². The fourth-order valence-electron chi connectivity index (χ4n) is 4.20. The average Bonchev–Trinajstić information content (AvgIpc) is 2.88.